The summed E-state index contributed by atoms with van der Waals surface area (Å²) in [5.41, 5.74) is 0.841. The summed E-state index contributed by atoms with van der Waals surface area (Å²) in [6, 6.07) is 23.0. The zero-order chi connectivity index (χ0) is 25.3. The summed E-state index contributed by atoms with van der Waals surface area (Å²) in [5, 5.41) is 0. The van der Waals surface area contributed by atoms with E-state index in [4.69, 9.17) is 18.8 Å². The van der Waals surface area contributed by atoms with Crippen LogP contribution < -0.4 is 19.1 Å². The van der Waals surface area contributed by atoms with Gasteiger partial charge in [-0.05, 0) is 69.6 Å². The van der Waals surface area contributed by atoms with Gasteiger partial charge in [-0.15, -0.1) is 3.89 Å². The second-order valence-electron chi connectivity index (χ2n) is 9.23. The first-order valence-electron chi connectivity index (χ1n) is 11.1. The number of benzene rings is 3. The van der Waals surface area contributed by atoms with E-state index in [2.05, 4.69) is 10.1 Å². The van der Waals surface area contributed by atoms with Gasteiger partial charge in [-0.25, -0.2) is 0 Å². The summed E-state index contributed by atoms with van der Waals surface area (Å²) in [6.45, 7) is 8.06. The van der Waals surface area contributed by atoms with E-state index in [-0.39, 0.29) is 5.75 Å². The average Bonchev–Trinajstić information content (AvgIpc) is 3.01. The molecule has 3 aromatic rings. The Morgan fingerprint density at radius 3 is 1.74 bits per heavy atom. The molecule has 2 atom stereocenters. The number of hydrogen-bond acceptors (Lipinski definition) is 6. The second kappa shape index (κ2) is 9.56. The molecule has 1 heterocycles. The van der Waals surface area contributed by atoms with Crippen molar-refractivity contribution in [2.24, 2.45) is 0 Å². The van der Waals surface area contributed by atoms with Crippen molar-refractivity contribution >= 4 is 28.6 Å². The van der Waals surface area contributed by atoms with E-state index in [1.54, 1.807) is 12.1 Å². The van der Waals surface area contributed by atoms with E-state index < -0.39 is 34.8 Å². The fourth-order valence-corrected chi connectivity index (χ4v) is 3.82. The van der Waals surface area contributed by atoms with Crippen LogP contribution >= 0.6 is 0 Å². The van der Waals surface area contributed by atoms with E-state index in [9.17, 15) is 8.09 Å². The maximum atomic E-state index is 13.2. The highest BCUT2D eigenvalue weighted by Gasteiger charge is 2.51. The van der Waals surface area contributed by atoms with E-state index in [1.807, 2.05) is 82.3 Å². The minimum absolute atomic E-state index is 0.0790. The quantitative estimate of drug-likeness (QED) is 0.188. The third-order valence-corrected chi connectivity index (χ3v) is 6.45. The lowest BCUT2D eigenvalue weighted by Gasteiger charge is -2.32. The molecule has 1 fully saturated rings. The number of ether oxygens (including phenoxy) is 2. The first kappa shape index (κ1) is 25.1. The van der Waals surface area contributed by atoms with Gasteiger partial charge in [0.25, 0.3) is 16.5 Å². The van der Waals surface area contributed by atoms with Crippen molar-refractivity contribution in [1.82, 2.24) is 0 Å². The lowest BCUT2D eigenvalue weighted by Crippen LogP contribution is -2.41. The molecule has 0 radical (unpaired) electrons. The first-order valence-corrected chi connectivity index (χ1v) is 12.7. The highest BCUT2D eigenvalue weighted by atomic mass is 32.3. The van der Waals surface area contributed by atoms with Crippen LogP contribution in [-0.2, 0) is 19.5 Å². The van der Waals surface area contributed by atoms with Gasteiger partial charge >= 0.3 is 7.12 Å². The molecule has 9 heteroatoms. The number of hydrogen-bond donors (Lipinski definition) is 0. The third-order valence-electron chi connectivity index (χ3n) is 6.01. The molecule has 1 saturated heterocycles. The highest BCUT2D eigenvalue weighted by molar-refractivity contribution is 7.91. The van der Waals surface area contributed by atoms with Gasteiger partial charge in [0.1, 0.15) is 17.2 Å². The lowest BCUT2D eigenvalue weighted by atomic mass is 9.79. The molecule has 3 aromatic carbocycles. The summed E-state index contributed by atoms with van der Waals surface area (Å²) in [7, 11) is -4.57. The van der Waals surface area contributed by atoms with Crippen molar-refractivity contribution in [2.45, 2.75) is 45.2 Å². The highest BCUT2D eigenvalue weighted by Crippen LogP contribution is 2.36. The summed E-state index contributed by atoms with van der Waals surface area (Å²) >= 11 is 0. The molecule has 0 aliphatic carbocycles. The smallest absolute Gasteiger partial charge is 0.451 e. The summed E-state index contributed by atoms with van der Waals surface area (Å²) in [6.07, 6.45) is -0.760. The molecule has 6 nitrogen and oxygen atoms in total. The van der Waals surface area contributed by atoms with Gasteiger partial charge in [0.15, 0.2) is 0 Å². The van der Waals surface area contributed by atoms with Crippen LogP contribution in [0.15, 0.2) is 78.9 Å². The zero-order valence-corrected chi connectivity index (χ0v) is 20.9. The molecule has 2 unspecified atom stereocenters. The van der Waals surface area contributed by atoms with Crippen LogP contribution in [0, 0.1) is 0 Å². The van der Waals surface area contributed by atoms with E-state index >= 15 is 0 Å². The van der Waals surface area contributed by atoms with Crippen LogP contribution in [-0.4, -0.2) is 28.4 Å². The van der Waals surface area contributed by atoms with Crippen molar-refractivity contribution in [3.05, 3.63) is 84.4 Å². The van der Waals surface area contributed by atoms with Crippen molar-refractivity contribution in [1.29, 1.82) is 0 Å². The lowest BCUT2D eigenvalue weighted by molar-refractivity contribution is 0.00380. The van der Waals surface area contributed by atoms with Gasteiger partial charge in [0.05, 0.1) is 11.2 Å². The molecule has 0 N–H and O–H groups in total. The molecular formula is C26H28BFO6S. The fraction of sp³-hybridized carbons (Fsp3) is 0.269. The Kier molecular flexibility index (Phi) is 6.86. The second-order valence-corrected chi connectivity index (χ2v) is 10.5. The van der Waals surface area contributed by atoms with Crippen molar-refractivity contribution in [2.75, 3.05) is 0 Å². The van der Waals surface area contributed by atoms with E-state index in [1.165, 1.54) is 12.1 Å². The predicted octanol–water partition coefficient (Wildman–Crippen LogP) is 5.04. The Morgan fingerprint density at radius 2 is 1.26 bits per heavy atom. The van der Waals surface area contributed by atoms with Gasteiger partial charge in [0, 0.05) is 11.4 Å². The van der Waals surface area contributed by atoms with Crippen LogP contribution in [0.2, 0.25) is 0 Å². The summed E-state index contributed by atoms with van der Waals surface area (Å²) < 4.78 is 53.4. The maximum absolute atomic E-state index is 13.2. The van der Waals surface area contributed by atoms with E-state index in [0.717, 1.165) is 11.0 Å². The van der Waals surface area contributed by atoms with Crippen molar-refractivity contribution in [3.63, 3.8) is 0 Å². The molecule has 1 aliphatic heterocycles. The van der Waals surface area contributed by atoms with Crippen LogP contribution in [0.5, 0.6) is 17.2 Å². The zero-order valence-electron chi connectivity index (χ0n) is 20.1. The van der Waals surface area contributed by atoms with Crippen LogP contribution in [0.3, 0.4) is 0 Å². The van der Waals surface area contributed by atoms with Gasteiger partial charge in [-0.1, -0.05) is 42.5 Å². The standard InChI is InChI=1S/C26H28BFO6S/c1-25(2)26(3,4)34-27(33-25)20-11-13-21(14-12-20)30-24(19-9-7-6-8-10-19)31-22-15-17-23(18-16-22)32-35(5,28)29/h6-18,24H,5H2,1-4H3. The summed E-state index contributed by atoms with van der Waals surface area (Å²) in [4.78, 5) is 0. The molecule has 4 rings (SSSR count). The minimum Gasteiger partial charge on any atom is -0.451 e. The van der Waals surface area contributed by atoms with E-state index in [0.29, 0.717) is 11.5 Å². The third kappa shape index (κ3) is 6.17. The predicted molar refractivity (Wildman–Crippen MR) is 136 cm³/mol. The Balaban J connectivity index is 1.50. The molecule has 35 heavy (non-hydrogen) atoms. The molecule has 184 valence electrons. The molecule has 0 bridgehead atoms. The topological polar surface area (TPSA) is 63.2 Å². The maximum Gasteiger partial charge on any atom is 0.494 e. The Morgan fingerprint density at radius 1 is 0.800 bits per heavy atom. The summed E-state index contributed by atoms with van der Waals surface area (Å²) in [5.74, 6) is 3.96. The first-order chi connectivity index (χ1) is 16.4. The Bertz CT molecular complexity index is 1230. The molecular weight excluding hydrogens is 470 g/mol. The normalized spacial score (nSPS) is 18.9. The van der Waals surface area contributed by atoms with Crippen molar-refractivity contribution in [3.8, 4) is 17.2 Å². The molecule has 0 saturated carbocycles. The van der Waals surface area contributed by atoms with Crippen LogP contribution in [0.4, 0.5) is 3.89 Å². The average molecular weight is 498 g/mol. The Hall–Kier alpha value is -3.01. The molecule has 0 aromatic heterocycles. The van der Waals surface area contributed by atoms with Gasteiger partial charge < -0.3 is 23.0 Å². The monoisotopic (exact) mass is 498 g/mol. The number of rotatable bonds is 8. The SMILES string of the molecule is C=S(=O)(F)Oc1ccc(OC(Oc2ccc(B3OC(C)(C)C(C)(C)O3)cc2)c2ccccc2)cc1. The van der Waals surface area contributed by atoms with Gasteiger partial charge in [-0.2, -0.15) is 4.21 Å². The molecule has 1 aliphatic rings. The van der Waals surface area contributed by atoms with Crippen LogP contribution in [0.1, 0.15) is 39.5 Å². The number of halogens is 1. The minimum atomic E-state index is -4.10. The van der Waals surface area contributed by atoms with Gasteiger partial charge in [0.2, 0.25) is 0 Å². The molecule has 0 amide bonds. The van der Waals surface area contributed by atoms with Crippen molar-refractivity contribution < 1.29 is 31.1 Å². The van der Waals surface area contributed by atoms with Crippen LogP contribution in [0.25, 0.3) is 0 Å². The molecule has 0 spiro atoms. The fourth-order valence-electron chi connectivity index (χ4n) is 3.42. The Labute approximate surface area is 206 Å². The largest absolute Gasteiger partial charge is 0.494 e. The van der Waals surface area contributed by atoms with Gasteiger partial charge in [-0.3, -0.25) is 0 Å².